The van der Waals surface area contributed by atoms with E-state index in [4.69, 9.17) is 5.73 Å². The van der Waals surface area contributed by atoms with Crippen LogP contribution in [0.5, 0.6) is 0 Å². The first-order chi connectivity index (χ1) is 14.9. The summed E-state index contributed by atoms with van der Waals surface area (Å²) in [5.41, 5.74) is 8.50. The Morgan fingerprint density at radius 3 is 2.65 bits per heavy atom. The van der Waals surface area contributed by atoms with Crippen molar-refractivity contribution in [3.63, 3.8) is 0 Å². The quantitative estimate of drug-likeness (QED) is 0.491. The van der Waals surface area contributed by atoms with Crippen LogP contribution in [0.1, 0.15) is 30.9 Å². The molecule has 31 heavy (non-hydrogen) atoms. The predicted molar refractivity (Wildman–Crippen MR) is 116 cm³/mol. The summed E-state index contributed by atoms with van der Waals surface area (Å²) in [7, 11) is 0. The molecule has 0 aliphatic heterocycles. The van der Waals surface area contributed by atoms with Crippen LogP contribution in [0.4, 0.5) is 8.78 Å². The Labute approximate surface area is 180 Å². The fourth-order valence-electron chi connectivity index (χ4n) is 4.42. The van der Waals surface area contributed by atoms with Gasteiger partial charge in [-0.25, -0.2) is 13.5 Å². The topological polar surface area (TPSA) is 76.1 Å². The van der Waals surface area contributed by atoms with Crippen molar-refractivity contribution in [2.24, 2.45) is 11.7 Å². The molecular weight excluding hydrogens is 398 g/mol. The summed E-state index contributed by atoms with van der Waals surface area (Å²) in [6.07, 6.45) is 4.98. The molecule has 1 saturated carbocycles. The maximum atomic E-state index is 13.4. The lowest BCUT2D eigenvalue weighted by Gasteiger charge is -2.25. The Balaban J connectivity index is 1.44. The van der Waals surface area contributed by atoms with Gasteiger partial charge in [-0.1, -0.05) is 25.5 Å². The van der Waals surface area contributed by atoms with Gasteiger partial charge in [-0.15, -0.1) is 0 Å². The van der Waals surface area contributed by atoms with Crippen molar-refractivity contribution < 1.29 is 13.9 Å². The molecule has 4 rings (SSSR count). The number of halogens is 2. The second-order valence-electron chi connectivity index (χ2n) is 8.38. The number of nitrogens with two attached hydrogens (primary N) is 1. The Morgan fingerprint density at radius 2 is 2.00 bits per heavy atom. The number of benzene rings is 2. The molecule has 2 aromatic carbocycles. The Kier molecular flexibility index (Phi) is 6.18. The second kappa shape index (κ2) is 8.86. The SMILES string of the molecule is CCC1CC1(NCC(O)C(N)Cc1cc(F)cc(F)c1)c1cccc(-n2cccn2)c1. The molecule has 1 fully saturated rings. The molecule has 5 nitrogen and oxygen atoms in total. The van der Waals surface area contributed by atoms with E-state index in [0.717, 1.165) is 30.2 Å². The summed E-state index contributed by atoms with van der Waals surface area (Å²) in [4.78, 5) is 0. The van der Waals surface area contributed by atoms with Gasteiger partial charge >= 0.3 is 0 Å². The highest BCUT2D eigenvalue weighted by atomic mass is 19.1. The average Bonchev–Trinajstić information content (AvgIpc) is 3.20. The fraction of sp³-hybridized carbons (Fsp3) is 0.375. The standard InChI is InChI=1S/C24H28F2N4O/c1-2-17-14-24(17,18-5-3-6-21(12-18)30-8-4-7-29-30)28-15-23(31)22(27)11-16-9-19(25)13-20(26)10-16/h3-10,12-13,17,22-23,28,31H,2,11,14-15,27H2,1H3. The van der Waals surface area contributed by atoms with E-state index in [9.17, 15) is 13.9 Å². The number of hydrogen-bond donors (Lipinski definition) is 3. The van der Waals surface area contributed by atoms with Crippen molar-refractivity contribution in [3.8, 4) is 5.69 Å². The van der Waals surface area contributed by atoms with Crippen LogP contribution in [0.15, 0.2) is 60.9 Å². The molecule has 0 bridgehead atoms. The van der Waals surface area contributed by atoms with Gasteiger partial charge in [-0.05, 0) is 60.2 Å². The highest BCUT2D eigenvalue weighted by molar-refractivity contribution is 5.42. The maximum absolute atomic E-state index is 13.4. The van der Waals surface area contributed by atoms with Crippen molar-refractivity contribution in [1.29, 1.82) is 0 Å². The van der Waals surface area contributed by atoms with E-state index >= 15 is 0 Å². The molecule has 0 radical (unpaired) electrons. The number of rotatable bonds is 9. The minimum atomic E-state index is -0.851. The largest absolute Gasteiger partial charge is 0.390 e. The van der Waals surface area contributed by atoms with Crippen LogP contribution < -0.4 is 11.1 Å². The molecule has 4 unspecified atom stereocenters. The fourth-order valence-corrected chi connectivity index (χ4v) is 4.42. The van der Waals surface area contributed by atoms with Crippen molar-refractivity contribution in [3.05, 3.63) is 83.7 Å². The third kappa shape index (κ3) is 4.69. The molecule has 0 spiro atoms. The molecule has 0 amide bonds. The van der Waals surface area contributed by atoms with Gasteiger partial charge in [0.2, 0.25) is 0 Å². The van der Waals surface area contributed by atoms with Crippen LogP contribution in [-0.2, 0) is 12.0 Å². The molecule has 4 N–H and O–H groups in total. The van der Waals surface area contributed by atoms with E-state index in [1.807, 2.05) is 29.1 Å². The van der Waals surface area contributed by atoms with Crippen LogP contribution in [-0.4, -0.2) is 33.6 Å². The number of aliphatic hydroxyl groups excluding tert-OH is 1. The van der Waals surface area contributed by atoms with E-state index < -0.39 is 23.8 Å². The lowest BCUT2D eigenvalue weighted by Crippen LogP contribution is -2.46. The first kappa shape index (κ1) is 21.6. The van der Waals surface area contributed by atoms with E-state index in [1.54, 1.807) is 6.20 Å². The lowest BCUT2D eigenvalue weighted by molar-refractivity contribution is 0.135. The number of aromatic nitrogens is 2. The zero-order chi connectivity index (χ0) is 22.0. The Morgan fingerprint density at radius 1 is 1.23 bits per heavy atom. The van der Waals surface area contributed by atoms with Gasteiger partial charge in [0.25, 0.3) is 0 Å². The lowest BCUT2D eigenvalue weighted by atomic mass is 9.98. The van der Waals surface area contributed by atoms with E-state index in [0.29, 0.717) is 18.0 Å². The second-order valence-corrected chi connectivity index (χ2v) is 8.38. The minimum absolute atomic E-state index is 0.191. The molecule has 3 aromatic rings. The van der Waals surface area contributed by atoms with Crippen molar-refractivity contribution >= 4 is 0 Å². The van der Waals surface area contributed by atoms with Crippen LogP contribution in [0.2, 0.25) is 0 Å². The summed E-state index contributed by atoms with van der Waals surface area (Å²) in [6.45, 7) is 2.45. The van der Waals surface area contributed by atoms with Gasteiger partial charge in [0.15, 0.2) is 0 Å². The normalized spacial score (nSPS) is 22.3. The Bertz CT molecular complexity index is 1010. The predicted octanol–water partition coefficient (Wildman–Crippen LogP) is 3.30. The molecule has 164 valence electrons. The van der Waals surface area contributed by atoms with Gasteiger partial charge in [-0.3, -0.25) is 0 Å². The summed E-state index contributed by atoms with van der Waals surface area (Å²) in [5.74, 6) is -0.828. The van der Waals surface area contributed by atoms with Gasteiger partial charge in [0, 0.05) is 36.6 Å². The third-order valence-electron chi connectivity index (χ3n) is 6.24. The summed E-state index contributed by atoms with van der Waals surface area (Å²) < 4.78 is 28.7. The smallest absolute Gasteiger partial charge is 0.126 e. The van der Waals surface area contributed by atoms with E-state index in [1.165, 1.54) is 12.1 Å². The first-order valence-electron chi connectivity index (χ1n) is 10.7. The third-order valence-corrected chi connectivity index (χ3v) is 6.24. The van der Waals surface area contributed by atoms with Crippen LogP contribution in [0.25, 0.3) is 5.69 Å². The minimum Gasteiger partial charge on any atom is -0.390 e. The zero-order valence-electron chi connectivity index (χ0n) is 17.5. The van der Waals surface area contributed by atoms with Gasteiger partial charge in [0.05, 0.1) is 11.8 Å². The first-order valence-corrected chi connectivity index (χ1v) is 10.7. The van der Waals surface area contributed by atoms with Gasteiger partial charge in [-0.2, -0.15) is 5.10 Å². The molecule has 1 aromatic heterocycles. The highest BCUT2D eigenvalue weighted by Crippen LogP contribution is 2.54. The van der Waals surface area contributed by atoms with Crippen molar-refractivity contribution in [1.82, 2.24) is 15.1 Å². The summed E-state index contributed by atoms with van der Waals surface area (Å²) in [6, 6.07) is 12.8. The number of nitrogens with zero attached hydrogens (tertiary/aromatic N) is 2. The molecule has 1 aliphatic carbocycles. The molecule has 1 aliphatic rings. The number of nitrogens with one attached hydrogen (secondary N) is 1. The summed E-state index contributed by atoms with van der Waals surface area (Å²) >= 11 is 0. The Hall–Kier alpha value is -2.61. The van der Waals surface area contributed by atoms with Crippen LogP contribution in [0, 0.1) is 17.6 Å². The molecule has 4 atom stereocenters. The maximum Gasteiger partial charge on any atom is 0.126 e. The van der Waals surface area contributed by atoms with E-state index in [-0.39, 0.29) is 12.0 Å². The molecule has 0 saturated heterocycles. The van der Waals surface area contributed by atoms with Crippen molar-refractivity contribution in [2.45, 2.75) is 43.9 Å². The van der Waals surface area contributed by atoms with Crippen LogP contribution >= 0.6 is 0 Å². The van der Waals surface area contributed by atoms with Gasteiger partial charge in [0.1, 0.15) is 11.6 Å². The molecule has 1 heterocycles. The molecule has 7 heteroatoms. The summed E-state index contributed by atoms with van der Waals surface area (Å²) in [5, 5.41) is 18.5. The zero-order valence-corrected chi connectivity index (χ0v) is 17.5. The van der Waals surface area contributed by atoms with Crippen LogP contribution in [0.3, 0.4) is 0 Å². The monoisotopic (exact) mass is 426 g/mol. The number of aliphatic hydroxyl groups is 1. The highest BCUT2D eigenvalue weighted by Gasteiger charge is 2.54. The van der Waals surface area contributed by atoms with E-state index in [2.05, 4.69) is 29.5 Å². The molecular formula is C24H28F2N4O. The van der Waals surface area contributed by atoms with Crippen molar-refractivity contribution in [2.75, 3.05) is 6.54 Å². The average molecular weight is 427 g/mol. The number of hydrogen-bond acceptors (Lipinski definition) is 4. The van der Waals surface area contributed by atoms with Gasteiger partial charge < -0.3 is 16.2 Å².